The Kier molecular flexibility index (Phi) is 4.87. The highest BCUT2D eigenvalue weighted by Crippen LogP contribution is 1.81. The monoisotopic (exact) mass is 182 g/mol. The van der Waals surface area contributed by atoms with E-state index in [-0.39, 0.29) is 11.3 Å². The maximum absolute atomic E-state index is 10.1. The number of aliphatic carboxylic acids is 1. The number of nitrogens with one attached hydrogen (secondary N) is 1. The van der Waals surface area contributed by atoms with Crippen LogP contribution in [0.15, 0.2) is 35.4 Å². The zero-order chi connectivity index (χ0) is 10.3. The predicted octanol–water partition coefficient (Wildman–Crippen LogP) is 0.417. The van der Waals surface area contributed by atoms with Crippen LogP contribution in [0.1, 0.15) is 6.92 Å². The molecule has 0 atom stereocenters. The molecule has 0 aliphatic rings. The van der Waals surface area contributed by atoms with Gasteiger partial charge in [0.25, 0.3) is 0 Å². The van der Waals surface area contributed by atoms with Crippen molar-refractivity contribution in [2.24, 2.45) is 0 Å². The van der Waals surface area contributed by atoms with Crippen molar-refractivity contribution < 1.29 is 9.90 Å². The van der Waals surface area contributed by atoms with Crippen LogP contribution in [0, 0.1) is 0 Å². The van der Waals surface area contributed by atoms with Crippen LogP contribution in [0.5, 0.6) is 0 Å². The largest absolute Gasteiger partial charge is 0.478 e. The van der Waals surface area contributed by atoms with E-state index in [9.17, 15) is 9.59 Å². The summed E-state index contributed by atoms with van der Waals surface area (Å²) in [6.07, 6.45) is 2.98. The maximum Gasteiger partial charge on any atom is 0.344 e. The molecule has 0 unspecified atom stereocenters. The molecule has 0 aliphatic carbocycles. The van der Waals surface area contributed by atoms with E-state index in [0.717, 1.165) is 0 Å². The summed E-state index contributed by atoms with van der Waals surface area (Å²) in [5.74, 6) is -0.935. The first-order valence-electron chi connectivity index (χ1n) is 3.42. The Morgan fingerprint density at radius 2 is 2.23 bits per heavy atom. The highest BCUT2D eigenvalue weighted by Gasteiger charge is 1.90. The molecular formula is C8H10N2O3. The first kappa shape index (κ1) is 11.1. The zero-order valence-corrected chi connectivity index (χ0v) is 7.15. The lowest BCUT2D eigenvalue weighted by atomic mass is 10.4. The molecule has 2 N–H and O–H groups in total. The van der Waals surface area contributed by atoms with Gasteiger partial charge in [0.1, 0.15) is 0 Å². The molecule has 0 radical (unpaired) electrons. The van der Waals surface area contributed by atoms with Crippen molar-refractivity contribution in [3.05, 3.63) is 41.1 Å². The second kappa shape index (κ2) is 5.70. The van der Waals surface area contributed by atoms with Gasteiger partial charge in [-0.2, -0.15) is 0 Å². The van der Waals surface area contributed by atoms with E-state index in [1.807, 2.05) is 0 Å². The summed E-state index contributed by atoms with van der Waals surface area (Å²) in [6, 6.07) is 1.65. The van der Waals surface area contributed by atoms with Gasteiger partial charge in [-0.1, -0.05) is 6.58 Å². The molecule has 0 fully saturated rings. The summed E-state index contributed by atoms with van der Waals surface area (Å²) in [7, 11) is 0. The summed E-state index contributed by atoms with van der Waals surface area (Å²) >= 11 is 0. The van der Waals surface area contributed by atoms with Gasteiger partial charge in [0, 0.05) is 18.0 Å². The average Bonchev–Trinajstić information content (AvgIpc) is 2.06. The van der Waals surface area contributed by atoms with E-state index in [1.165, 1.54) is 19.3 Å². The van der Waals surface area contributed by atoms with Crippen molar-refractivity contribution >= 4 is 5.97 Å². The van der Waals surface area contributed by atoms with E-state index in [2.05, 4.69) is 16.5 Å². The molecule has 5 nitrogen and oxygen atoms in total. The summed E-state index contributed by atoms with van der Waals surface area (Å²) in [6.45, 7) is 4.60. The number of carboxylic acid groups (broad SMARTS) is 1. The van der Waals surface area contributed by atoms with E-state index in [0.29, 0.717) is 0 Å². The van der Waals surface area contributed by atoms with E-state index < -0.39 is 5.97 Å². The third-order valence-electron chi connectivity index (χ3n) is 0.946. The van der Waals surface area contributed by atoms with Crippen LogP contribution < -0.4 is 5.69 Å². The highest BCUT2D eigenvalue weighted by atomic mass is 16.4. The fraction of sp³-hybridized carbons (Fsp3) is 0.125. The molecule has 1 rings (SSSR count). The van der Waals surface area contributed by atoms with Crippen molar-refractivity contribution in [1.82, 2.24) is 9.97 Å². The van der Waals surface area contributed by atoms with Crippen LogP contribution in [-0.2, 0) is 4.79 Å². The Bertz CT molecular complexity index is 314. The van der Waals surface area contributed by atoms with Gasteiger partial charge in [-0.3, -0.25) is 0 Å². The molecule has 1 aromatic rings. The number of H-pyrrole nitrogens is 1. The third-order valence-corrected chi connectivity index (χ3v) is 0.946. The Morgan fingerprint density at radius 3 is 2.38 bits per heavy atom. The first-order chi connectivity index (χ1) is 6.04. The van der Waals surface area contributed by atoms with Crippen LogP contribution in [0.4, 0.5) is 0 Å². The molecule has 0 spiro atoms. The number of carboxylic acids is 1. The Morgan fingerprint density at radius 1 is 1.69 bits per heavy atom. The lowest BCUT2D eigenvalue weighted by molar-refractivity contribution is -0.132. The number of hydrogen-bond donors (Lipinski definition) is 2. The summed E-state index contributed by atoms with van der Waals surface area (Å²) in [5.41, 5.74) is -0.127. The minimum absolute atomic E-state index is 0.176. The number of carbonyl (C=O) groups is 1. The number of aromatic nitrogens is 2. The number of aromatic amines is 1. The van der Waals surface area contributed by atoms with Crippen LogP contribution in [-0.4, -0.2) is 21.0 Å². The number of hydrogen-bond acceptors (Lipinski definition) is 3. The molecule has 13 heavy (non-hydrogen) atoms. The van der Waals surface area contributed by atoms with Crippen molar-refractivity contribution in [2.75, 3.05) is 0 Å². The maximum atomic E-state index is 10.1. The Labute approximate surface area is 74.8 Å². The molecule has 70 valence electrons. The van der Waals surface area contributed by atoms with E-state index in [4.69, 9.17) is 5.11 Å². The Balaban J connectivity index is 0.000000226. The molecule has 1 heterocycles. The fourth-order valence-corrected chi connectivity index (χ4v) is 0.310. The first-order valence-corrected chi connectivity index (χ1v) is 3.42. The van der Waals surface area contributed by atoms with Crippen LogP contribution in [0.2, 0.25) is 0 Å². The summed E-state index contributed by atoms with van der Waals surface area (Å²) < 4.78 is 0. The molecule has 0 bridgehead atoms. The van der Waals surface area contributed by atoms with Crippen LogP contribution >= 0.6 is 0 Å². The lowest BCUT2D eigenvalue weighted by Crippen LogP contribution is -2.05. The van der Waals surface area contributed by atoms with Crippen LogP contribution in [0.3, 0.4) is 0 Å². The van der Waals surface area contributed by atoms with Gasteiger partial charge < -0.3 is 10.1 Å². The third kappa shape index (κ3) is 6.49. The quantitative estimate of drug-likeness (QED) is 0.616. The molecule has 0 aromatic carbocycles. The smallest absolute Gasteiger partial charge is 0.344 e. The molecule has 0 amide bonds. The standard InChI is InChI=1S/C4H4N2O.C4H6O2/c7-4-5-2-1-3-6-4;1-3(2)4(5)6/h1-3H,(H,5,6,7);1H2,2H3,(H,5,6). The summed E-state index contributed by atoms with van der Waals surface area (Å²) in [4.78, 5) is 25.4. The Hall–Kier alpha value is -1.91. The second-order valence-corrected chi connectivity index (χ2v) is 2.17. The summed E-state index contributed by atoms with van der Waals surface area (Å²) in [5, 5.41) is 7.89. The van der Waals surface area contributed by atoms with E-state index >= 15 is 0 Å². The highest BCUT2D eigenvalue weighted by molar-refractivity contribution is 5.84. The minimum Gasteiger partial charge on any atom is -0.478 e. The number of nitrogens with zero attached hydrogens (tertiary/aromatic N) is 1. The van der Waals surface area contributed by atoms with Gasteiger partial charge in [0.2, 0.25) is 0 Å². The second-order valence-electron chi connectivity index (χ2n) is 2.17. The van der Waals surface area contributed by atoms with Crippen molar-refractivity contribution in [2.45, 2.75) is 6.92 Å². The van der Waals surface area contributed by atoms with Crippen molar-refractivity contribution in [3.63, 3.8) is 0 Å². The SMILES string of the molecule is C=C(C)C(=O)O.O=c1nccc[nH]1. The average molecular weight is 182 g/mol. The molecule has 0 saturated heterocycles. The number of rotatable bonds is 1. The van der Waals surface area contributed by atoms with Crippen molar-refractivity contribution in [1.29, 1.82) is 0 Å². The predicted molar refractivity (Wildman–Crippen MR) is 47.3 cm³/mol. The lowest BCUT2D eigenvalue weighted by Gasteiger charge is -1.79. The van der Waals surface area contributed by atoms with Crippen LogP contribution in [0.25, 0.3) is 0 Å². The van der Waals surface area contributed by atoms with Crippen molar-refractivity contribution in [3.8, 4) is 0 Å². The van der Waals surface area contributed by atoms with Gasteiger partial charge in [-0.15, -0.1) is 0 Å². The minimum atomic E-state index is -0.935. The normalized spacial score (nSPS) is 8.08. The molecule has 0 saturated carbocycles. The van der Waals surface area contributed by atoms with Gasteiger partial charge in [-0.05, 0) is 13.0 Å². The van der Waals surface area contributed by atoms with E-state index in [1.54, 1.807) is 6.07 Å². The molecule has 5 heteroatoms. The van der Waals surface area contributed by atoms with Gasteiger partial charge in [0.15, 0.2) is 0 Å². The molecule has 1 aromatic heterocycles. The molecular weight excluding hydrogens is 172 g/mol. The fourth-order valence-electron chi connectivity index (χ4n) is 0.310. The topological polar surface area (TPSA) is 83.0 Å². The van der Waals surface area contributed by atoms with Gasteiger partial charge >= 0.3 is 11.7 Å². The zero-order valence-electron chi connectivity index (χ0n) is 7.15. The molecule has 0 aliphatic heterocycles. The van der Waals surface area contributed by atoms with Gasteiger partial charge in [0.05, 0.1) is 0 Å². The van der Waals surface area contributed by atoms with Gasteiger partial charge in [-0.25, -0.2) is 14.6 Å².